The Kier molecular flexibility index (Phi) is 6.25. The van der Waals surface area contributed by atoms with Gasteiger partial charge in [0.25, 0.3) is 0 Å². The van der Waals surface area contributed by atoms with Crippen molar-refractivity contribution in [2.24, 2.45) is 0 Å². The molecule has 0 spiro atoms. The molecule has 1 aromatic heterocycles. The zero-order valence-electron chi connectivity index (χ0n) is 19.3. The average molecular weight is 428 g/mol. The highest BCUT2D eigenvalue weighted by Gasteiger charge is 2.37. The Morgan fingerprint density at radius 1 is 1.10 bits per heavy atom. The molecule has 30 heavy (non-hydrogen) atoms. The van der Waals surface area contributed by atoms with Crippen molar-refractivity contribution in [3.05, 3.63) is 34.7 Å². The third kappa shape index (κ3) is 4.44. The lowest BCUT2D eigenvalue weighted by Gasteiger charge is -2.42. The number of nitrogens with one attached hydrogen (secondary N) is 1. The molecular weight excluding hydrogens is 390 g/mol. The Hall–Kier alpha value is -1.43. The highest BCUT2D eigenvalue weighted by molar-refractivity contribution is 7.14. The minimum atomic E-state index is 0.234. The van der Waals surface area contributed by atoms with E-state index in [9.17, 15) is 0 Å². The molecule has 0 unspecified atom stereocenters. The van der Waals surface area contributed by atoms with Gasteiger partial charge < -0.3 is 15.0 Å². The third-order valence-corrected chi connectivity index (χ3v) is 8.05. The van der Waals surface area contributed by atoms with Crippen LogP contribution in [0.3, 0.4) is 0 Å². The predicted molar refractivity (Wildman–Crippen MR) is 128 cm³/mol. The lowest BCUT2D eigenvalue weighted by molar-refractivity contribution is 0.193. The van der Waals surface area contributed by atoms with Gasteiger partial charge in [0, 0.05) is 43.7 Å². The van der Waals surface area contributed by atoms with E-state index in [1.807, 2.05) is 0 Å². The molecule has 4 nitrogen and oxygen atoms in total. The van der Waals surface area contributed by atoms with Gasteiger partial charge in [-0.3, -0.25) is 0 Å². The summed E-state index contributed by atoms with van der Waals surface area (Å²) in [4.78, 5) is 7.49. The van der Waals surface area contributed by atoms with Gasteiger partial charge in [-0.1, -0.05) is 39.8 Å². The van der Waals surface area contributed by atoms with Crippen LogP contribution in [0.4, 0.5) is 5.13 Å². The van der Waals surface area contributed by atoms with Crippen LogP contribution in [0.5, 0.6) is 0 Å². The third-order valence-electron chi connectivity index (χ3n) is 7.15. The van der Waals surface area contributed by atoms with E-state index in [0.717, 1.165) is 37.1 Å². The maximum Gasteiger partial charge on any atom is 0.185 e. The fourth-order valence-corrected chi connectivity index (χ4v) is 5.82. The average Bonchev–Trinajstić information content (AvgIpc) is 3.22. The summed E-state index contributed by atoms with van der Waals surface area (Å²) in [5.74, 6) is 0. The molecule has 1 aromatic carbocycles. The predicted octanol–water partition coefficient (Wildman–Crippen LogP) is 5.36. The molecule has 0 amide bonds. The van der Waals surface area contributed by atoms with Crippen LogP contribution in [0.15, 0.2) is 23.6 Å². The Bertz CT molecular complexity index is 865. The Labute approximate surface area is 186 Å². The number of aromatic nitrogens is 1. The second-order valence-electron chi connectivity index (χ2n) is 10.3. The first-order valence-corrected chi connectivity index (χ1v) is 12.3. The number of ether oxygens (including phenoxy) is 1. The molecule has 1 aliphatic heterocycles. The molecular formula is C25H37N3OS. The van der Waals surface area contributed by atoms with Crippen LogP contribution < -0.4 is 10.2 Å². The zero-order valence-corrected chi connectivity index (χ0v) is 20.1. The molecule has 1 aliphatic carbocycles. The summed E-state index contributed by atoms with van der Waals surface area (Å²) in [6.45, 7) is 13.4. The van der Waals surface area contributed by atoms with Crippen molar-refractivity contribution in [1.29, 1.82) is 0 Å². The molecule has 1 fully saturated rings. The van der Waals surface area contributed by atoms with Gasteiger partial charge >= 0.3 is 0 Å². The first-order chi connectivity index (χ1) is 14.3. The summed E-state index contributed by atoms with van der Waals surface area (Å²) in [6.07, 6.45) is 4.83. The SMILES string of the molecule is COCCNC1CCN(c2nc(-c3ccc4c(c3)C(C)(C)CCC4(C)C)cs2)CC1. The van der Waals surface area contributed by atoms with E-state index in [1.165, 1.54) is 42.4 Å². The minimum absolute atomic E-state index is 0.234. The van der Waals surface area contributed by atoms with Gasteiger partial charge in [0.1, 0.15) is 0 Å². The van der Waals surface area contributed by atoms with Crippen LogP contribution in [0.2, 0.25) is 0 Å². The minimum Gasteiger partial charge on any atom is -0.383 e. The molecule has 164 valence electrons. The number of anilines is 1. The van der Waals surface area contributed by atoms with E-state index < -0.39 is 0 Å². The van der Waals surface area contributed by atoms with Crippen LogP contribution >= 0.6 is 11.3 Å². The molecule has 1 N–H and O–H groups in total. The van der Waals surface area contributed by atoms with Crippen LogP contribution in [-0.4, -0.2) is 44.4 Å². The van der Waals surface area contributed by atoms with E-state index in [4.69, 9.17) is 9.72 Å². The van der Waals surface area contributed by atoms with Crippen molar-refractivity contribution >= 4 is 16.5 Å². The molecule has 0 atom stereocenters. The van der Waals surface area contributed by atoms with Gasteiger partial charge in [-0.15, -0.1) is 11.3 Å². The molecule has 0 saturated carbocycles. The first-order valence-electron chi connectivity index (χ1n) is 11.4. The van der Waals surface area contributed by atoms with Crippen LogP contribution in [-0.2, 0) is 15.6 Å². The monoisotopic (exact) mass is 427 g/mol. The number of hydrogen-bond donors (Lipinski definition) is 1. The standard InChI is InChI=1S/C25H37N3OS/c1-24(2)10-11-25(3,4)21-16-18(6-7-20(21)24)22-17-30-23(27-22)28-13-8-19(9-14-28)26-12-15-29-5/h6-7,16-17,19,26H,8-15H2,1-5H3. The summed E-state index contributed by atoms with van der Waals surface area (Å²) in [5.41, 5.74) is 5.90. The molecule has 0 bridgehead atoms. The topological polar surface area (TPSA) is 37.4 Å². The van der Waals surface area contributed by atoms with E-state index in [1.54, 1.807) is 18.4 Å². The van der Waals surface area contributed by atoms with E-state index in [-0.39, 0.29) is 10.8 Å². The van der Waals surface area contributed by atoms with Gasteiger partial charge in [-0.2, -0.15) is 0 Å². The first kappa shape index (κ1) is 21.8. The van der Waals surface area contributed by atoms with Crippen LogP contribution in [0, 0.1) is 0 Å². The number of benzene rings is 1. The van der Waals surface area contributed by atoms with E-state index in [2.05, 4.69) is 61.5 Å². The normalized spacial score (nSPS) is 20.9. The maximum atomic E-state index is 5.15. The Balaban J connectivity index is 1.48. The molecule has 4 rings (SSSR count). The van der Waals surface area contributed by atoms with Gasteiger partial charge in [-0.05, 0) is 53.7 Å². The summed E-state index contributed by atoms with van der Waals surface area (Å²) in [6, 6.07) is 7.66. The number of thiazole rings is 1. The second kappa shape index (κ2) is 8.60. The second-order valence-corrected chi connectivity index (χ2v) is 11.1. The summed E-state index contributed by atoms with van der Waals surface area (Å²) in [5, 5.41) is 7.00. The van der Waals surface area contributed by atoms with E-state index in [0.29, 0.717) is 6.04 Å². The largest absolute Gasteiger partial charge is 0.383 e. The van der Waals surface area contributed by atoms with Gasteiger partial charge in [-0.25, -0.2) is 4.98 Å². The fourth-order valence-electron chi connectivity index (χ4n) is 4.93. The zero-order chi connectivity index (χ0) is 21.4. The van der Waals surface area contributed by atoms with Crippen molar-refractivity contribution in [1.82, 2.24) is 10.3 Å². The van der Waals surface area contributed by atoms with Crippen LogP contribution in [0.1, 0.15) is 64.5 Å². The number of hydrogen-bond acceptors (Lipinski definition) is 5. The highest BCUT2D eigenvalue weighted by atomic mass is 32.1. The summed E-state index contributed by atoms with van der Waals surface area (Å²) in [7, 11) is 1.76. The number of methoxy groups -OCH3 is 1. The lowest BCUT2D eigenvalue weighted by atomic mass is 9.63. The van der Waals surface area contributed by atoms with Gasteiger partial charge in [0.15, 0.2) is 5.13 Å². The summed E-state index contributed by atoms with van der Waals surface area (Å²) >= 11 is 1.79. The van der Waals surface area contributed by atoms with Crippen molar-refractivity contribution in [2.75, 3.05) is 38.3 Å². The molecule has 0 radical (unpaired) electrons. The molecule has 2 heterocycles. The van der Waals surface area contributed by atoms with Crippen molar-refractivity contribution in [3.63, 3.8) is 0 Å². The number of nitrogens with zero attached hydrogens (tertiary/aromatic N) is 2. The smallest absolute Gasteiger partial charge is 0.185 e. The quantitative estimate of drug-likeness (QED) is 0.630. The Morgan fingerprint density at radius 3 is 2.50 bits per heavy atom. The molecule has 1 saturated heterocycles. The fraction of sp³-hybridized carbons (Fsp3) is 0.640. The maximum absolute atomic E-state index is 5.15. The van der Waals surface area contributed by atoms with Crippen molar-refractivity contribution in [3.8, 4) is 11.3 Å². The number of rotatable bonds is 6. The molecule has 2 aromatic rings. The van der Waals surface area contributed by atoms with Crippen molar-refractivity contribution in [2.45, 2.75) is 70.3 Å². The highest BCUT2D eigenvalue weighted by Crippen LogP contribution is 2.46. The van der Waals surface area contributed by atoms with Crippen molar-refractivity contribution < 1.29 is 4.74 Å². The lowest BCUT2D eigenvalue weighted by Crippen LogP contribution is -2.43. The number of fused-ring (bicyclic) bond motifs is 1. The van der Waals surface area contributed by atoms with Crippen LogP contribution in [0.25, 0.3) is 11.3 Å². The van der Waals surface area contributed by atoms with Gasteiger partial charge in [0.2, 0.25) is 0 Å². The molecule has 2 aliphatic rings. The molecule has 5 heteroatoms. The van der Waals surface area contributed by atoms with E-state index >= 15 is 0 Å². The Morgan fingerprint density at radius 2 is 1.80 bits per heavy atom. The number of piperidine rings is 1. The van der Waals surface area contributed by atoms with Gasteiger partial charge in [0.05, 0.1) is 12.3 Å². The summed E-state index contributed by atoms with van der Waals surface area (Å²) < 4.78 is 5.15.